The summed E-state index contributed by atoms with van der Waals surface area (Å²) in [7, 11) is 0. The van der Waals surface area contributed by atoms with E-state index in [1.54, 1.807) is 0 Å². The molecule has 0 aliphatic rings. The third-order valence-corrected chi connectivity index (χ3v) is 1.65. The van der Waals surface area contributed by atoms with Gasteiger partial charge in [0.05, 0.1) is 0 Å². The Morgan fingerprint density at radius 2 is 1.79 bits per heavy atom. The van der Waals surface area contributed by atoms with Crippen LogP contribution in [0.5, 0.6) is 0 Å². The lowest BCUT2D eigenvalue weighted by Gasteiger charge is -1.97. The zero-order valence-electron chi connectivity index (χ0n) is 8.15. The molecule has 4 N–H and O–H groups in total. The van der Waals surface area contributed by atoms with Gasteiger partial charge in [0.1, 0.15) is 0 Å². The molecule has 0 aliphatic heterocycles. The summed E-state index contributed by atoms with van der Waals surface area (Å²) >= 11 is 0. The highest BCUT2D eigenvalue weighted by atomic mass is 16.1. The van der Waals surface area contributed by atoms with Crippen molar-refractivity contribution in [1.82, 2.24) is 0 Å². The molecule has 0 unspecified atom stereocenters. The molecular weight excluding hydrogens is 176 g/mol. The molecule has 1 rings (SSSR count). The molecule has 0 saturated heterocycles. The minimum absolute atomic E-state index is 0.250. The molecule has 0 atom stereocenters. The highest BCUT2D eigenvalue weighted by Gasteiger charge is 1.89. The van der Waals surface area contributed by atoms with E-state index >= 15 is 0 Å². The van der Waals surface area contributed by atoms with Gasteiger partial charge in [-0.1, -0.05) is 36.9 Å². The molecular formula is C11H16N2O. The average Bonchev–Trinajstić information content (AvgIpc) is 2.21. The maximum Gasteiger partial charge on any atom is 0.204 e. The number of rotatable bonds is 3. The smallest absolute Gasteiger partial charge is 0.204 e. The summed E-state index contributed by atoms with van der Waals surface area (Å²) in [4.78, 5) is 8.58. The van der Waals surface area contributed by atoms with E-state index in [4.69, 9.17) is 10.5 Å². The van der Waals surface area contributed by atoms with Crippen LogP contribution in [0.2, 0.25) is 0 Å². The van der Waals surface area contributed by atoms with Crippen LogP contribution in [-0.2, 0) is 11.2 Å². The van der Waals surface area contributed by atoms with Crippen LogP contribution in [0.1, 0.15) is 11.1 Å². The van der Waals surface area contributed by atoms with Crippen molar-refractivity contribution in [2.75, 3.05) is 6.54 Å². The van der Waals surface area contributed by atoms with Gasteiger partial charge in [-0.2, -0.15) is 0 Å². The average molecular weight is 192 g/mol. The number of hydrogen-bond acceptors (Lipinski definition) is 2. The fourth-order valence-electron chi connectivity index (χ4n) is 0.987. The summed E-state index contributed by atoms with van der Waals surface area (Å²) in [5.74, 6) is 0. The molecule has 3 nitrogen and oxygen atoms in total. The summed E-state index contributed by atoms with van der Waals surface area (Å²) in [5.41, 5.74) is 12.0. The van der Waals surface area contributed by atoms with Crippen LogP contribution in [0, 0.1) is 0 Å². The number of carbonyl (C=O) groups excluding carboxylic acids is 1. The second-order valence-electron chi connectivity index (χ2n) is 2.62. The van der Waals surface area contributed by atoms with Gasteiger partial charge in [-0.15, -0.1) is 0 Å². The molecule has 1 aromatic carbocycles. The number of carbonyl (C=O) groups is 1. The van der Waals surface area contributed by atoms with Crippen LogP contribution in [0.3, 0.4) is 0 Å². The second-order valence-corrected chi connectivity index (χ2v) is 2.62. The van der Waals surface area contributed by atoms with E-state index in [1.165, 1.54) is 5.56 Å². The predicted octanol–water partition coefficient (Wildman–Crippen LogP) is 0.932. The SMILES string of the molecule is C=Cc1ccc(CCN)cc1.NC=O. The standard InChI is InChI=1S/C10H13N.CH3NO/c1-2-9-3-5-10(6-4-9)7-8-11;2-1-3/h2-6H,1,7-8,11H2;1H,(H2,2,3). The Hall–Kier alpha value is -1.61. The second kappa shape index (κ2) is 8.01. The van der Waals surface area contributed by atoms with Crippen LogP contribution in [0.4, 0.5) is 0 Å². The van der Waals surface area contributed by atoms with Crippen molar-refractivity contribution in [3.8, 4) is 0 Å². The largest absolute Gasteiger partial charge is 0.372 e. The fraction of sp³-hybridized carbons (Fsp3) is 0.182. The fourth-order valence-corrected chi connectivity index (χ4v) is 0.987. The third-order valence-electron chi connectivity index (χ3n) is 1.65. The Labute approximate surface area is 84.4 Å². The van der Waals surface area contributed by atoms with Crippen LogP contribution < -0.4 is 11.5 Å². The first-order valence-corrected chi connectivity index (χ1v) is 4.35. The third kappa shape index (κ3) is 5.11. The van der Waals surface area contributed by atoms with Crippen molar-refractivity contribution in [2.45, 2.75) is 6.42 Å². The van der Waals surface area contributed by atoms with Crippen LogP contribution >= 0.6 is 0 Å². The summed E-state index contributed by atoms with van der Waals surface area (Å²) in [6.45, 7) is 4.40. The topological polar surface area (TPSA) is 69.1 Å². The first-order valence-electron chi connectivity index (χ1n) is 4.35. The molecule has 1 aromatic rings. The van der Waals surface area contributed by atoms with Gasteiger partial charge < -0.3 is 11.5 Å². The highest BCUT2D eigenvalue weighted by Crippen LogP contribution is 2.05. The number of amides is 1. The minimum Gasteiger partial charge on any atom is -0.372 e. The van der Waals surface area contributed by atoms with Crippen molar-refractivity contribution < 1.29 is 4.79 Å². The Morgan fingerprint density at radius 3 is 2.14 bits per heavy atom. The number of primary amides is 1. The molecule has 0 aromatic heterocycles. The maximum atomic E-state index is 8.58. The number of hydrogen-bond donors (Lipinski definition) is 2. The molecule has 76 valence electrons. The van der Waals surface area contributed by atoms with E-state index in [0.29, 0.717) is 6.54 Å². The van der Waals surface area contributed by atoms with Gasteiger partial charge in [0.25, 0.3) is 0 Å². The molecule has 0 radical (unpaired) electrons. The maximum absolute atomic E-state index is 8.58. The Kier molecular flexibility index (Phi) is 7.09. The van der Waals surface area contributed by atoms with E-state index < -0.39 is 0 Å². The Balaban J connectivity index is 0.000000500. The Bertz CT molecular complexity index is 267. The van der Waals surface area contributed by atoms with Gasteiger partial charge in [0.15, 0.2) is 0 Å². The summed E-state index contributed by atoms with van der Waals surface area (Å²) in [5, 5.41) is 0. The lowest BCUT2D eigenvalue weighted by atomic mass is 10.1. The van der Waals surface area contributed by atoms with E-state index in [1.807, 2.05) is 6.08 Å². The summed E-state index contributed by atoms with van der Waals surface area (Å²) in [6, 6.07) is 8.28. The van der Waals surface area contributed by atoms with Gasteiger partial charge in [-0.05, 0) is 24.1 Å². The van der Waals surface area contributed by atoms with Gasteiger partial charge in [-0.3, -0.25) is 4.79 Å². The number of nitrogens with two attached hydrogens (primary N) is 2. The van der Waals surface area contributed by atoms with Gasteiger partial charge in [0.2, 0.25) is 6.41 Å². The van der Waals surface area contributed by atoms with Crippen LogP contribution in [0.15, 0.2) is 30.8 Å². The summed E-state index contributed by atoms with van der Waals surface area (Å²) in [6.07, 6.45) is 3.05. The van der Waals surface area contributed by atoms with Crippen molar-refractivity contribution in [1.29, 1.82) is 0 Å². The molecule has 14 heavy (non-hydrogen) atoms. The molecule has 1 amide bonds. The van der Waals surface area contributed by atoms with Gasteiger partial charge in [-0.25, -0.2) is 0 Å². The lowest BCUT2D eigenvalue weighted by molar-refractivity contribution is -0.106. The predicted molar refractivity (Wildman–Crippen MR) is 59.5 cm³/mol. The molecule has 0 fully saturated rings. The normalized spacial score (nSPS) is 8.36. The lowest BCUT2D eigenvalue weighted by Crippen LogP contribution is -2.02. The molecule has 0 saturated carbocycles. The van der Waals surface area contributed by atoms with E-state index in [2.05, 4.69) is 36.6 Å². The van der Waals surface area contributed by atoms with Crippen molar-refractivity contribution >= 4 is 12.5 Å². The zero-order valence-corrected chi connectivity index (χ0v) is 8.15. The Morgan fingerprint density at radius 1 is 1.29 bits per heavy atom. The van der Waals surface area contributed by atoms with E-state index in [9.17, 15) is 0 Å². The number of benzene rings is 1. The monoisotopic (exact) mass is 192 g/mol. The van der Waals surface area contributed by atoms with E-state index in [0.717, 1.165) is 12.0 Å². The zero-order chi connectivity index (χ0) is 10.8. The molecule has 0 heterocycles. The molecule has 3 heteroatoms. The van der Waals surface area contributed by atoms with Crippen molar-refractivity contribution in [3.05, 3.63) is 42.0 Å². The molecule has 0 aliphatic carbocycles. The first kappa shape index (κ1) is 12.4. The van der Waals surface area contributed by atoms with Crippen molar-refractivity contribution in [3.63, 3.8) is 0 Å². The summed E-state index contributed by atoms with van der Waals surface area (Å²) < 4.78 is 0. The van der Waals surface area contributed by atoms with Crippen LogP contribution in [-0.4, -0.2) is 13.0 Å². The van der Waals surface area contributed by atoms with Gasteiger partial charge in [0, 0.05) is 0 Å². The van der Waals surface area contributed by atoms with Gasteiger partial charge >= 0.3 is 0 Å². The molecule has 0 bridgehead atoms. The van der Waals surface area contributed by atoms with Crippen LogP contribution in [0.25, 0.3) is 6.08 Å². The quantitative estimate of drug-likeness (QED) is 0.699. The highest BCUT2D eigenvalue weighted by molar-refractivity contribution is 5.47. The minimum atomic E-state index is 0.250. The first-order chi connectivity index (χ1) is 6.78. The van der Waals surface area contributed by atoms with Crippen molar-refractivity contribution in [2.24, 2.45) is 11.5 Å². The van der Waals surface area contributed by atoms with E-state index in [-0.39, 0.29) is 6.41 Å². The molecule has 0 spiro atoms.